The lowest BCUT2D eigenvalue weighted by atomic mass is 9.29. The summed E-state index contributed by atoms with van der Waals surface area (Å²) in [5.74, 6) is 2.30. The van der Waals surface area contributed by atoms with E-state index in [1.807, 2.05) is 0 Å². The molecule has 47 heavy (non-hydrogen) atoms. The predicted octanol–water partition coefficient (Wildman–Crippen LogP) is 12.3. The second-order valence-corrected chi connectivity index (χ2v) is 21.8. The van der Waals surface area contributed by atoms with E-state index in [0.717, 1.165) is 32.1 Å². The van der Waals surface area contributed by atoms with Crippen LogP contribution in [0.2, 0.25) is 0 Å². The molecule has 6 fully saturated rings. The molecule has 11 atom stereocenters. The highest BCUT2D eigenvalue weighted by Crippen LogP contribution is 2.79. The predicted molar refractivity (Wildman–Crippen MR) is 192 cm³/mol. The topological polar surface area (TPSA) is 75.1 Å². The smallest absolute Gasteiger partial charge is 0.312 e. The van der Waals surface area contributed by atoms with Gasteiger partial charge in [0.1, 0.15) is 6.10 Å². The van der Waals surface area contributed by atoms with Gasteiger partial charge in [-0.15, -0.1) is 0 Å². The van der Waals surface area contributed by atoms with Crippen molar-refractivity contribution in [2.45, 2.75) is 179 Å². The molecular weight excluding hydrogens is 578 g/mol. The summed E-state index contributed by atoms with van der Waals surface area (Å²) in [7, 11) is 0. The van der Waals surface area contributed by atoms with E-state index in [1.165, 1.54) is 57.8 Å². The highest BCUT2D eigenvalue weighted by molar-refractivity contribution is 5.82. The van der Waals surface area contributed by atoms with Gasteiger partial charge in [-0.05, 0) is 156 Å². The quantitative estimate of drug-likeness (QED) is 0.119. The molecule has 6 aliphatic carbocycles. The summed E-state index contributed by atoms with van der Waals surface area (Å²) in [5.41, 5.74) is 11.0. The zero-order valence-electron chi connectivity index (χ0n) is 32.7. The van der Waals surface area contributed by atoms with E-state index in [9.17, 15) is 10.3 Å². The summed E-state index contributed by atoms with van der Waals surface area (Å²) >= 11 is 0. The van der Waals surface area contributed by atoms with E-state index in [0.29, 0.717) is 41.0 Å². The van der Waals surface area contributed by atoms with Crippen LogP contribution in [-0.4, -0.2) is 18.6 Å². The van der Waals surface area contributed by atoms with Crippen LogP contribution in [0.25, 0.3) is 10.4 Å². The monoisotopic (exact) mass is 650 g/mol. The number of rotatable bonds is 7. The SMILES string of the molecule is CCC(C)(C)CC1(C(=O)OC2CCC3C(C)(CCC4C3(C)CCC3(C)C5CC(C)(C)CCC5(C)CCC43CN=[N+]=[N-])C2C)CC1(C)C. The van der Waals surface area contributed by atoms with Gasteiger partial charge in [0.15, 0.2) is 0 Å². The Kier molecular flexibility index (Phi) is 8.25. The van der Waals surface area contributed by atoms with Crippen molar-refractivity contribution in [1.29, 1.82) is 0 Å². The van der Waals surface area contributed by atoms with Crippen LogP contribution >= 0.6 is 0 Å². The van der Waals surface area contributed by atoms with Gasteiger partial charge >= 0.3 is 5.97 Å². The summed E-state index contributed by atoms with van der Waals surface area (Å²) in [6, 6.07) is 0. The van der Waals surface area contributed by atoms with E-state index in [4.69, 9.17) is 4.74 Å². The molecule has 5 nitrogen and oxygen atoms in total. The lowest BCUT2D eigenvalue weighted by Gasteiger charge is -2.75. The number of esters is 1. The fourth-order valence-electron chi connectivity index (χ4n) is 14.4. The third-order valence-electron chi connectivity index (χ3n) is 18.3. The molecule has 0 aromatic rings. The zero-order valence-corrected chi connectivity index (χ0v) is 32.7. The Hall–Kier alpha value is -1.22. The summed E-state index contributed by atoms with van der Waals surface area (Å²) in [6.45, 7) is 30.0. The highest BCUT2D eigenvalue weighted by Gasteiger charge is 2.73. The Balaban J connectivity index is 1.28. The molecule has 11 unspecified atom stereocenters. The molecule has 0 saturated heterocycles. The second kappa shape index (κ2) is 10.9. The van der Waals surface area contributed by atoms with Crippen molar-refractivity contribution in [2.24, 2.45) is 77.5 Å². The number of carbonyl (C=O) groups is 1. The molecule has 0 radical (unpaired) electrons. The Morgan fingerprint density at radius 1 is 0.851 bits per heavy atom. The molecule has 0 spiro atoms. The minimum atomic E-state index is -0.335. The number of nitrogens with zero attached hydrogens (tertiary/aromatic N) is 3. The van der Waals surface area contributed by atoms with Gasteiger partial charge < -0.3 is 4.74 Å². The number of hydrogen-bond donors (Lipinski definition) is 0. The molecule has 0 N–H and O–H groups in total. The van der Waals surface area contributed by atoms with Gasteiger partial charge in [-0.3, -0.25) is 4.79 Å². The Morgan fingerprint density at radius 3 is 2.13 bits per heavy atom. The average molecular weight is 650 g/mol. The fourth-order valence-corrected chi connectivity index (χ4v) is 14.4. The standard InChI is InChI=1S/C42H71N3O2/c1-13-34(3,4)25-42(26-36(42,7)8)33(46)47-29-14-15-30-38(10,28(29)2)17-16-31-39(30,11)21-22-40(12)32-24-35(5,6)18-19-37(32,9)20-23-41(31,40)27-44-45-43/h28-32H,13-27H2,1-12H3. The van der Waals surface area contributed by atoms with Crippen molar-refractivity contribution in [3.63, 3.8) is 0 Å². The highest BCUT2D eigenvalue weighted by atomic mass is 16.5. The minimum absolute atomic E-state index is 0.00720. The largest absolute Gasteiger partial charge is 0.462 e. The Morgan fingerprint density at radius 2 is 1.51 bits per heavy atom. The van der Waals surface area contributed by atoms with E-state index in [-0.39, 0.29) is 50.0 Å². The molecule has 5 heteroatoms. The average Bonchev–Trinajstić information content (AvgIpc) is 3.55. The van der Waals surface area contributed by atoms with Crippen LogP contribution in [0, 0.1) is 72.4 Å². The molecular formula is C42H71N3O2. The summed E-state index contributed by atoms with van der Waals surface area (Å²) in [4.78, 5) is 17.6. The summed E-state index contributed by atoms with van der Waals surface area (Å²) in [5, 5.41) is 4.51. The summed E-state index contributed by atoms with van der Waals surface area (Å²) < 4.78 is 6.71. The molecule has 6 saturated carbocycles. The molecule has 0 bridgehead atoms. The van der Waals surface area contributed by atoms with E-state index in [1.54, 1.807) is 0 Å². The van der Waals surface area contributed by atoms with Crippen LogP contribution < -0.4 is 0 Å². The molecule has 0 amide bonds. The Labute approximate surface area is 288 Å². The number of fused-ring (bicyclic) bond motifs is 7. The third kappa shape index (κ3) is 5.02. The van der Waals surface area contributed by atoms with Crippen LogP contribution in [0.1, 0.15) is 173 Å². The second-order valence-electron chi connectivity index (χ2n) is 21.8. The van der Waals surface area contributed by atoms with Crippen LogP contribution in [0.4, 0.5) is 0 Å². The van der Waals surface area contributed by atoms with Crippen molar-refractivity contribution in [3.05, 3.63) is 10.4 Å². The first-order valence-electron chi connectivity index (χ1n) is 19.8. The third-order valence-corrected chi connectivity index (χ3v) is 18.3. The van der Waals surface area contributed by atoms with Crippen LogP contribution in [0.15, 0.2) is 5.11 Å². The fraction of sp³-hybridized carbons (Fsp3) is 0.976. The maximum Gasteiger partial charge on any atom is 0.312 e. The summed E-state index contributed by atoms with van der Waals surface area (Å²) in [6.07, 6.45) is 16.5. The van der Waals surface area contributed by atoms with Gasteiger partial charge in [-0.25, -0.2) is 0 Å². The molecule has 266 valence electrons. The van der Waals surface area contributed by atoms with Gasteiger partial charge in [-0.1, -0.05) is 94.6 Å². The van der Waals surface area contributed by atoms with Gasteiger partial charge in [0.05, 0.1) is 5.41 Å². The van der Waals surface area contributed by atoms with Crippen LogP contribution in [-0.2, 0) is 9.53 Å². The van der Waals surface area contributed by atoms with Crippen LogP contribution in [0.5, 0.6) is 0 Å². The molecule has 0 aromatic carbocycles. The maximum absolute atomic E-state index is 14.2. The molecule has 0 aromatic heterocycles. The number of hydrogen-bond acceptors (Lipinski definition) is 3. The minimum Gasteiger partial charge on any atom is -0.462 e. The molecule has 6 rings (SSSR count). The number of carbonyl (C=O) groups excluding carboxylic acids is 1. The van der Waals surface area contributed by atoms with Gasteiger partial charge in [0, 0.05) is 11.5 Å². The number of ether oxygens (including phenoxy) is 1. The van der Waals surface area contributed by atoms with Crippen molar-refractivity contribution >= 4 is 5.97 Å². The van der Waals surface area contributed by atoms with Gasteiger partial charge in [0.25, 0.3) is 0 Å². The van der Waals surface area contributed by atoms with Crippen LogP contribution in [0.3, 0.4) is 0 Å². The van der Waals surface area contributed by atoms with E-state index >= 15 is 0 Å². The molecule has 6 aliphatic rings. The normalized spacial score (nSPS) is 49.7. The zero-order chi connectivity index (χ0) is 34.7. The van der Waals surface area contributed by atoms with E-state index < -0.39 is 0 Å². The first-order valence-corrected chi connectivity index (χ1v) is 19.8. The number of azide groups is 1. The van der Waals surface area contributed by atoms with Crippen molar-refractivity contribution in [2.75, 3.05) is 6.54 Å². The van der Waals surface area contributed by atoms with Crippen molar-refractivity contribution in [3.8, 4) is 0 Å². The lowest BCUT2D eigenvalue weighted by Crippen LogP contribution is -2.69. The van der Waals surface area contributed by atoms with Crippen molar-refractivity contribution in [1.82, 2.24) is 0 Å². The molecule has 0 heterocycles. The first kappa shape index (κ1) is 35.6. The van der Waals surface area contributed by atoms with Gasteiger partial charge in [0.2, 0.25) is 0 Å². The lowest BCUT2D eigenvalue weighted by molar-refractivity contribution is -0.266. The Bertz CT molecular complexity index is 1310. The van der Waals surface area contributed by atoms with E-state index in [2.05, 4.69) is 93.1 Å². The maximum atomic E-state index is 14.2. The first-order chi connectivity index (χ1) is 21.6. The molecule has 0 aliphatic heterocycles. The van der Waals surface area contributed by atoms with Gasteiger partial charge in [-0.2, -0.15) is 0 Å². The van der Waals surface area contributed by atoms with Crippen molar-refractivity contribution < 1.29 is 9.53 Å².